The quantitative estimate of drug-likeness (QED) is 0.868. The summed E-state index contributed by atoms with van der Waals surface area (Å²) in [6, 6.07) is 7.71. The van der Waals surface area contributed by atoms with Gasteiger partial charge in [-0.3, -0.25) is 9.59 Å². The summed E-state index contributed by atoms with van der Waals surface area (Å²) in [6.45, 7) is 0.848. The summed E-state index contributed by atoms with van der Waals surface area (Å²) in [6.07, 6.45) is 5.57. The first-order chi connectivity index (χ1) is 9.69. The third-order valence-electron chi connectivity index (χ3n) is 3.38. The predicted molar refractivity (Wildman–Crippen MR) is 81.9 cm³/mol. The molecule has 1 fully saturated rings. The number of nitrogens with zero attached hydrogens (tertiary/aromatic N) is 1. The second-order valence-corrected chi connectivity index (χ2v) is 5.78. The van der Waals surface area contributed by atoms with Crippen LogP contribution in [-0.2, 0) is 9.59 Å². The summed E-state index contributed by atoms with van der Waals surface area (Å²) < 4.78 is 0. The lowest BCUT2D eigenvalue weighted by Gasteiger charge is -2.19. The first-order valence-corrected chi connectivity index (χ1v) is 8.13. The molecule has 5 heteroatoms. The molecule has 0 unspecified atom stereocenters. The largest absolute Gasteiger partial charge is 0.333 e. The van der Waals surface area contributed by atoms with E-state index in [1.807, 2.05) is 30.5 Å². The lowest BCUT2D eigenvalue weighted by Crippen LogP contribution is -2.37. The van der Waals surface area contributed by atoms with Gasteiger partial charge in [-0.15, -0.1) is 11.8 Å². The molecule has 1 aliphatic heterocycles. The van der Waals surface area contributed by atoms with Crippen molar-refractivity contribution in [2.45, 2.75) is 30.6 Å². The average Bonchev–Trinajstić information content (AvgIpc) is 2.65. The molecule has 2 rings (SSSR count). The van der Waals surface area contributed by atoms with Crippen molar-refractivity contribution < 1.29 is 9.59 Å². The van der Waals surface area contributed by atoms with Crippen LogP contribution in [0, 0.1) is 0 Å². The van der Waals surface area contributed by atoms with Gasteiger partial charge in [-0.25, -0.2) is 0 Å². The van der Waals surface area contributed by atoms with E-state index in [-0.39, 0.29) is 18.4 Å². The van der Waals surface area contributed by atoms with Gasteiger partial charge in [-0.05, 0) is 43.4 Å². The zero-order valence-electron chi connectivity index (χ0n) is 11.7. The molecule has 1 aromatic carbocycles. The molecule has 0 radical (unpaired) electrons. The van der Waals surface area contributed by atoms with Crippen LogP contribution in [0.15, 0.2) is 29.2 Å². The molecule has 1 aromatic rings. The Labute approximate surface area is 123 Å². The molecule has 1 N–H and O–H groups in total. The fourth-order valence-corrected chi connectivity index (χ4v) is 2.66. The van der Waals surface area contributed by atoms with Gasteiger partial charge in [-0.2, -0.15) is 0 Å². The highest BCUT2D eigenvalue weighted by Gasteiger charge is 2.19. The number of hydrogen-bond acceptors (Lipinski definition) is 3. The standard InChI is InChI=1S/C15H20N2O2S/c1-20-13-8-6-12(7-9-13)16-14(18)11-17-10-4-2-3-5-15(17)19/h6-9H,2-5,10-11H2,1H3,(H,16,18). The van der Waals surface area contributed by atoms with Crippen LogP contribution >= 0.6 is 11.8 Å². The van der Waals surface area contributed by atoms with E-state index in [2.05, 4.69) is 5.32 Å². The molecule has 2 amide bonds. The Balaban J connectivity index is 1.89. The van der Waals surface area contributed by atoms with Crippen molar-refractivity contribution in [3.05, 3.63) is 24.3 Å². The summed E-state index contributed by atoms with van der Waals surface area (Å²) in [5, 5.41) is 2.84. The van der Waals surface area contributed by atoms with Gasteiger partial charge >= 0.3 is 0 Å². The maximum absolute atomic E-state index is 12.0. The van der Waals surface area contributed by atoms with Gasteiger partial charge in [0.15, 0.2) is 0 Å². The zero-order valence-corrected chi connectivity index (χ0v) is 12.5. The minimum atomic E-state index is -0.128. The molecule has 0 atom stereocenters. The molecule has 1 saturated heterocycles. The Bertz CT molecular complexity index is 473. The minimum absolute atomic E-state index is 0.0929. The van der Waals surface area contributed by atoms with Gasteiger partial charge in [0.1, 0.15) is 0 Å². The van der Waals surface area contributed by atoms with Crippen molar-refractivity contribution in [3.63, 3.8) is 0 Å². The van der Waals surface area contributed by atoms with Crippen LogP contribution in [0.25, 0.3) is 0 Å². The van der Waals surface area contributed by atoms with E-state index in [4.69, 9.17) is 0 Å². The van der Waals surface area contributed by atoms with Crippen LogP contribution in [0.1, 0.15) is 25.7 Å². The first-order valence-electron chi connectivity index (χ1n) is 6.91. The van der Waals surface area contributed by atoms with E-state index >= 15 is 0 Å². The third kappa shape index (κ3) is 4.27. The van der Waals surface area contributed by atoms with E-state index in [9.17, 15) is 9.59 Å². The van der Waals surface area contributed by atoms with Crippen molar-refractivity contribution in [3.8, 4) is 0 Å². The summed E-state index contributed by atoms with van der Waals surface area (Å²) in [4.78, 5) is 26.6. The van der Waals surface area contributed by atoms with Crippen LogP contribution < -0.4 is 5.32 Å². The Morgan fingerprint density at radius 3 is 2.70 bits per heavy atom. The van der Waals surface area contributed by atoms with E-state index in [0.29, 0.717) is 13.0 Å². The maximum Gasteiger partial charge on any atom is 0.243 e. The van der Waals surface area contributed by atoms with Crippen LogP contribution in [-0.4, -0.2) is 36.1 Å². The van der Waals surface area contributed by atoms with Gasteiger partial charge in [0.25, 0.3) is 0 Å². The van der Waals surface area contributed by atoms with Crippen LogP contribution in [0.2, 0.25) is 0 Å². The van der Waals surface area contributed by atoms with E-state index in [1.54, 1.807) is 16.7 Å². The van der Waals surface area contributed by atoms with E-state index in [1.165, 1.54) is 0 Å². The Morgan fingerprint density at radius 2 is 2.00 bits per heavy atom. The number of hydrogen-bond donors (Lipinski definition) is 1. The summed E-state index contributed by atoms with van der Waals surface area (Å²) >= 11 is 1.66. The summed E-state index contributed by atoms with van der Waals surface area (Å²) in [5.41, 5.74) is 0.773. The molecular weight excluding hydrogens is 272 g/mol. The average molecular weight is 292 g/mol. The van der Waals surface area contributed by atoms with Crippen molar-refractivity contribution in [1.29, 1.82) is 0 Å². The van der Waals surface area contributed by atoms with Crippen LogP contribution in [0.4, 0.5) is 5.69 Å². The molecular formula is C15H20N2O2S. The van der Waals surface area contributed by atoms with Gasteiger partial charge in [0.2, 0.25) is 11.8 Å². The Morgan fingerprint density at radius 1 is 1.25 bits per heavy atom. The number of rotatable bonds is 4. The molecule has 0 bridgehead atoms. The molecule has 108 valence electrons. The second kappa shape index (κ2) is 7.33. The molecule has 1 heterocycles. The first kappa shape index (κ1) is 14.9. The molecule has 0 spiro atoms. The number of anilines is 1. The predicted octanol–water partition coefficient (Wildman–Crippen LogP) is 2.75. The molecule has 4 nitrogen and oxygen atoms in total. The number of thioether (sulfide) groups is 1. The molecule has 1 aliphatic rings. The molecule has 0 saturated carbocycles. The zero-order chi connectivity index (χ0) is 14.4. The highest BCUT2D eigenvalue weighted by molar-refractivity contribution is 7.98. The highest BCUT2D eigenvalue weighted by Crippen LogP contribution is 2.17. The van der Waals surface area contributed by atoms with E-state index < -0.39 is 0 Å². The Kier molecular flexibility index (Phi) is 5.47. The number of carbonyl (C=O) groups is 2. The fraction of sp³-hybridized carbons (Fsp3) is 0.467. The number of carbonyl (C=O) groups excluding carboxylic acids is 2. The normalized spacial score (nSPS) is 15.8. The van der Waals surface area contributed by atoms with Crippen molar-refractivity contribution in [1.82, 2.24) is 4.90 Å². The SMILES string of the molecule is CSc1ccc(NC(=O)CN2CCCCCC2=O)cc1. The smallest absolute Gasteiger partial charge is 0.243 e. The lowest BCUT2D eigenvalue weighted by molar-refractivity contribution is -0.134. The van der Waals surface area contributed by atoms with Crippen molar-refractivity contribution >= 4 is 29.3 Å². The van der Waals surface area contributed by atoms with Gasteiger partial charge in [-0.1, -0.05) is 6.42 Å². The summed E-state index contributed by atoms with van der Waals surface area (Å²) in [7, 11) is 0. The van der Waals surface area contributed by atoms with E-state index in [0.717, 1.165) is 29.8 Å². The third-order valence-corrected chi connectivity index (χ3v) is 4.12. The maximum atomic E-state index is 12.0. The minimum Gasteiger partial charge on any atom is -0.333 e. The summed E-state index contributed by atoms with van der Waals surface area (Å²) in [5.74, 6) is -0.0347. The number of nitrogens with one attached hydrogen (secondary N) is 1. The highest BCUT2D eigenvalue weighted by atomic mass is 32.2. The van der Waals surface area contributed by atoms with Crippen LogP contribution in [0.5, 0.6) is 0 Å². The van der Waals surface area contributed by atoms with Gasteiger partial charge in [0.05, 0.1) is 6.54 Å². The number of amides is 2. The topological polar surface area (TPSA) is 49.4 Å². The monoisotopic (exact) mass is 292 g/mol. The van der Waals surface area contributed by atoms with Gasteiger partial charge in [0, 0.05) is 23.5 Å². The Hall–Kier alpha value is -1.49. The van der Waals surface area contributed by atoms with Crippen molar-refractivity contribution in [2.75, 3.05) is 24.7 Å². The number of likely N-dealkylation sites (tertiary alicyclic amines) is 1. The molecule has 20 heavy (non-hydrogen) atoms. The van der Waals surface area contributed by atoms with Gasteiger partial charge < -0.3 is 10.2 Å². The van der Waals surface area contributed by atoms with Crippen molar-refractivity contribution in [2.24, 2.45) is 0 Å². The fourth-order valence-electron chi connectivity index (χ4n) is 2.25. The molecule has 0 aromatic heterocycles. The second-order valence-electron chi connectivity index (χ2n) is 4.90. The lowest BCUT2D eigenvalue weighted by atomic mass is 10.2. The van der Waals surface area contributed by atoms with Crippen LogP contribution in [0.3, 0.4) is 0 Å². The number of benzene rings is 1. The molecule has 0 aliphatic carbocycles.